The van der Waals surface area contributed by atoms with Gasteiger partial charge >= 0.3 is 6.09 Å². The van der Waals surface area contributed by atoms with Crippen LogP contribution < -0.4 is 20.1 Å². The first-order valence-electron chi connectivity index (χ1n) is 20.8. The third-order valence-corrected chi connectivity index (χ3v) is 15.0. The van der Waals surface area contributed by atoms with Gasteiger partial charge < -0.3 is 25.0 Å². The van der Waals surface area contributed by atoms with Crippen LogP contribution >= 0.6 is 11.3 Å². The Kier molecular flexibility index (Phi) is 11.8. The summed E-state index contributed by atoms with van der Waals surface area (Å²) in [6.07, 6.45) is 10.7. The summed E-state index contributed by atoms with van der Waals surface area (Å²) in [7, 11) is -3.91. The number of nitrogens with zero attached hydrogens (tertiary/aromatic N) is 3. The van der Waals surface area contributed by atoms with E-state index in [0.717, 1.165) is 62.7 Å². The molecule has 1 aromatic carbocycles. The van der Waals surface area contributed by atoms with E-state index >= 15 is 4.79 Å². The lowest BCUT2D eigenvalue weighted by atomic mass is 9.99. The summed E-state index contributed by atoms with van der Waals surface area (Å²) in [6, 6.07) is 8.64. The number of rotatable bonds is 11. The van der Waals surface area contributed by atoms with Crippen LogP contribution in [0.1, 0.15) is 103 Å². The maximum atomic E-state index is 15.1. The lowest BCUT2D eigenvalue weighted by molar-refractivity contribution is -0.143. The Morgan fingerprint density at radius 2 is 1.59 bits per heavy atom. The Bertz CT molecular complexity index is 2140. The molecule has 5 fully saturated rings. The molecule has 0 bridgehead atoms. The Balaban J connectivity index is 1.14. The van der Waals surface area contributed by atoms with Gasteiger partial charge in [0.1, 0.15) is 35.5 Å². The number of nitrogens with one attached hydrogen (secondary N) is 3. The maximum absolute atomic E-state index is 15.1. The van der Waals surface area contributed by atoms with Gasteiger partial charge in [-0.25, -0.2) is 23.2 Å². The number of carbonyl (C=O) groups excluding carboxylic acids is 4. The lowest BCUT2D eigenvalue weighted by Crippen LogP contribution is -2.59. The molecule has 4 amide bonds. The fourth-order valence-electron chi connectivity index (χ4n) is 8.89. The van der Waals surface area contributed by atoms with E-state index in [4.69, 9.17) is 19.4 Å². The number of aromatic nitrogens is 2. The van der Waals surface area contributed by atoms with Crippen LogP contribution in [0.15, 0.2) is 54.4 Å². The molecule has 5 aliphatic rings. The van der Waals surface area contributed by atoms with E-state index < -0.39 is 74.8 Å². The molecule has 0 spiro atoms. The first-order valence-corrected chi connectivity index (χ1v) is 23.3. The third kappa shape index (κ3) is 8.59. The van der Waals surface area contributed by atoms with E-state index in [-0.39, 0.29) is 24.8 Å². The van der Waals surface area contributed by atoms with Gasteiger partial charge in [-0.05, 0) is 81.4 Å². The average Bonchev–Trinajstić information content (AvgIpc) is 3.99. The second kappa shape index (κ2) is 17.0. The molecule has 310 valence electrons. The van der Waals surface area contributed by atoms with Crippen LogP contribution in [0, 0.1) is 5.92 Å². The number of para-hydroxylation sites is 2. The second-order valence-corrected chi connectivity index (χ2v) is 19.4. The van der Waals surface area contributed by atoms with Gasteiger partial charge in [-0.15, -0.1) is 17.9 Å². The molecule has 0 radical (unpaired) electrons. The maximum Gasteiger partial charge on any atom is 0.408 e. The van der Waals surface area contributed by atoms with Gasteiger partial charge in [0, 0.05) is 12.3 Å². The van der Waals surface area contributed by atoms with Gasteiger partial charge in [0.15, 0.2) is 0 Å². The minimum absolute atomic E-state index is 0.0523. The highest BCUT2D eigenvalue weighted by molar-refractivity contribution is 7.91. The number of thiophene rings is 1. The number of amides is 4. The predicted molar refractivity (Wildman–Crippen MR) is 218 cm³/mol. The summed E-state index contributed by atoms with van der Waals surface area (Å²) in [5.74, 6) is -2.11. The largest absolute Gasteiger partial charge is 0.470 e. The van der Waals surface area contributed by atoms with Gasteiger partial charge in [0.05, 0.1) is 27.2 Å². The topological polar surface area (TPSA) is 186 Å². The number of sulfonamides is 1. The molecule has 16 heteroatoms. The van der Waals surface area contributed by atoms with Crippen LogP contribution in [-0.4, -0.2) is 88.2 Å². The standard InChI is InChI=1S/C42H52N6O8S2/c1-2-26-25-42(26,40(51)47-58(53,54)28-21-22-28)46-37(49)33-24-34(56-38-36(35-20-13-23-57-35)43-29-16-11-12-17-30(29)44-38)32-19-8-6-4-3-5-7-18-31(39(50)48(32)33)45-41(52)55-27-14-9-10-15-27/h2,11-13,16-17,20,23,26-28,31-34H,1,3-10,14-15,18-19,21-22,24-25H2,(H,45,52)(H,46,49)(H,47,51)/t26-,31?,32?,33+,34-,42?/m1/s1. The normalized spacial score (nSPS) is 28.1. The Morgan fingerprint density at radius 3 is 2.26 bits per heavy atom. The van der Waals surface area contributed by atoms with Crippen molar-refractivity contribution in [3.05, 3.63) is 54.4 Å². The highest BCUT2D eigenvalue weighted by atomic mass is 32.2. The Hall–Kier alpha value is -4.57. The zero-order chi connectivity index (χ0) is 40.4. The number of fused-ring (bicyclic) bond motifs is 2. The van der Waals surface area contributed by atoms with Crippen molar-refractivity contribution in [1.82, 2.24) is 30.2 Å². The van der Waals surface area contributed by atoms with Crippen LogP contribution in [-0.2, 0) is 29.1 Å². The van der Waals surface area contributed by atoms with E-state index in [9.17, 15) is 22.8 Å². The van der Waals surface area contributed by atoms with Crippen LogP contribution in [0.25, 0.3) is 21.6 Å². The zero-order valence-corrected chi connectivity index (χ0v) is 34.2. The average molecular weight is 833 g/mol. The van der Waals surface area contributed by atoms with Crippen molar-refractivity contribution in [2.45, 2.75) is 144 Å². The number of hydrogen-bond acceptors (Lipinski definition) is 11. The Labute approximate surface area is 343 Å². The molecule has 4 heterocycles. The van der Waals surface area contributed by atoms with E-state index in [2.05, 4.69) is 21.9 Å². The van der Waals surface area contributed by atoms with Crippen LogP contribution in [0.2, 0.25) is 0 Å². The van der Waals surface area contributed by atoms with E-state index in [1.54, 1.807) is 4.90 Å². The molecule has 3 aromatic rings. The highest BCUT2D eigenvalue weighted by Crippen LogP contribution is 2.46. The first kappa shape index (κ1) is 40.2. The third-order valence-electron chi connectivity index (χ3n) is 12.3. The summed E-state index contributed by atoms with van der Waals surface area (Å²) in [5.41, 5.74) is 0.307. The minimum atomic E-state index is -3.91. The summed E-state index contributed by atoms with van der Waals surface area (Å²) in [4.78, 5) is 69.2. The van der Waals surface area contributed by atoms with Crippen molar-refractivity contribution in [2.75, 3.05) is 0 Å². The molecule has 3 aliphatic carbocycles. The van der Waals surface area contributed by atoms with Crippen molar-refractivity contribution < 1.29 is 37.1 Å². The smallest absolute Gasteiger partial charge is 0.408 e. The zero-order valence-electron chi connectivity index (χ0n) is 32.6. The van der Waals surface area contributed by atoms with Crippen LogP contribution in [0.4, 0.5) is 4.79 Å². The fourth-order valence-corrected chi connectivity index (χ4v) is 11.0. The first-order chi connectivity index (χ1) is 28.1. The number of alkyl carbamates (subject to hydrolysis) is 1. The van der Waals surface area contributed by atoms with E-state index in [0.29, 0.717) is 48.8 Å². The summed E-state index contributed by atoms with van der Waals surface area (Å²) >= 11 is 1.49. The van der Waals surface area contributed by atoms with Crippen molar-refractivity contribution in [2.24, 2.45) is 5.92 Å². The van der Waals surface area contributed by atoms with Gasteiger partial charge in [-0.2, -0.15) is 0 Å². The molecular weight excluding hydrogens is 781 g/mol. The van der Waals surface area contributed by atoms with Gasteiger partial charge in [0.2, 0.25) is 27.7 Å². The van der Waals surface area contributed by atoms with E-state index in [1.807, 2.05) is 41.8 Å². The van der Waals surface area contributed by atoms with Gasteiger partial charge in [-0.3, -0.25) is 19.1 Å². The molecule has 8 rings (SSSR count). The molecule has 2 aromatic heterocycles. The summed E-state index contributed by atoms with van der Waals surface area (Å²) in [5, 5.41) is 7.09. The molecule has 6 atom stereocenters. The second-order valence-electron chi connectivity index (χ2n) is 16.5. The molecule has 3 saturated carbocycles. The molecule has 58 heavy (non-hydrogen) atoms. The van der Waals surface area contributed by atoms with Gasteiger partial charge in [0.25, 0.3) is 5.91 Å². The Morgan fingerprint density at radius 1 is 0.897 bits per heavy atom. The van der Waals surface area contributed by atoms with Gasteiger partial charge in [-0.1, -0.05) is 62.8 Å². The molecule has 3 unspecified atom stereocenters. The number of carbonyl (C=O) groups is 4. The summed E-state index contributed by atoms with van der Waals surface area (Å²) < 4.78 is 40.6. The van der Waals surface area contributed by atoms with Crippen LogP contribution in [0.3, 0.4) is 0 Å². The SMILES string of the molecule is C=C[C@@H]1CC1(NC(=O)[C@@H]1C[C@@H](Oc2nc3ccccc3nc2-c2cccs2)C2CCCCCCCCC(NC(=O)OC3CCCC3)C(=O)N21)C(=O)NS(=O)(=O)C1CC1. The number of hydrogen-bond donors (Lipinski definition) is 3. The lowest BCUT2D eigenvalue weighted by Gasteiger charge is -2.35. The number of ether oxygens (including phenoxy) is 2. The fraction of sp³-hybridized carbons (Fsp3) is 0.571. The molecule has 2 aliphatic heterocycles. The monoisotopic (exact) mass is 832 g/mol. The molecule has 14 nitrogen and oxygen atoms in total. The molecule has 3 N–H and O–H groups in total. The molecule has 2 saturated heterocycles. The van der Waals surface area contributed by atoms with Crippen molar-refractivity contribution in [3.8, 4) is 16.5 Å². The van der Waals surface area contributed by atoms with Crippen molar-refractivity contribution >= 4 is 56.2 Å². The van der Waals surface area contributed by atoms with E-state index in [1.165, 1.54) is 17.4 Å². The highest BCUT2D eigenvalue weighted by Gasteiger charge is 2.62. The van der Waals surface area contributed by atoms with Crippen LogP contribution in [0.5, 0.6) is 5.88 Å². The van der Waals surface area contributed by atoms with Crippen molar-refractivity contribution in [1.29, 1.82) is 0 Å². The summed E-state index contributed by atoms with van der Waals surface area (Å²) in [6.45, 7) is 3.84. The number of benzene rings is 1. The van der Waals surface area contributed by atoms with Crippen molar-refractivity contribution in [3.63, 3.8) is 0 Å². The minimum Gasteiger partial charge on any atom is -0.470 e. The quantitative estimate of drug-likeness (QED) is 0.196. The predicted octanol–water partition coefficient (Wildman–Crippen LogP) is 5.92. The molecular formula is C42H52N6O8S2.